The van der Waals surface area contributed by atoms with Gasteiger partial charge in [-0.15, -0.1) is 0 Å². The molecule has 1 aliphatic rings. The Morgan fingerprint density at radius 3 is 2.26 bits per heavy atom. The minimum atomic E-state index is -0.639. The summed E-state index contributed by atoms with van der Waals surface area (Å²) in [6.45, 7) is 0. The molecule has 0 aromatic heterocycles. The van der Waals surface area contributed by atoms with E-state index in [4.69, 9.17) is 16.3 Å². The number of carbonyl (C=O) groups is 2. The van der Waals surface area contributed by atoms with E-state index in [0.29, 0.717) is 32.9 Å². The molecule has 0 atom stereocenters. The van der Waals surface area contributed by atoms with Crippen molar-refractivity contribution in [2.75, 3.05) is 17.3 Å². The quantitative estimate of drug-likeness (QED) is 0.218. The molecule has 4 aromatic carbocycles. The highest BCUT2D eigenvalue weighted by Gasteiger charge is 2.37. The molecule has 9 heteroatoms. The van der Waals surface area contributed by atoms with Crippen molar-refractivity contribution in [1.82, 2.24) is 0 Å². The molecule has 0 radical (unpaired) electrons. The first-order valence-corrected chi connectivity index (χ1v) is 10.6. The summed E-state index contributed by atoms with van der Waals surface area (Å²) in [6, 6.07) is 19.2. The van der Waals surface area contributed by atoms with Gasteiger partial charge in [-0.1, -0.05) is 23.7 Å². The highest BCUT2D eigenvalue weighted by atomic mass is 35.5. The molecule has 2 amide bonds. The number of hydrogen-bond donors (Lipinski definition) is 1. The average Bonchev–Trinajstić information content (AvgIpc) is 2.84. The van der Waals surface area contributed by atoms with Gasteiger partial charge in [-0.05, 0) is 54.6 Å². The number of anilines is 3. The van der Waals surface area contributed by atoms with Crippen LogP contribution in [0.2, 0.25) is 5.02 Å². The van der Waals surface area contributed by atoms with Crippen molar-refractivity contribution in [3.05, 3.63) is 99.1 Å². The van der Waals surface area contributed by atoms with E-state index >= 15 is 0 Å². The minimum absolute atomic E-state index is 0.0781. The second kappa shape index (κ2) is 8.17. The third-order valence-electron chi connectivity index (χ3n) is 5.65. The smallest absolute Gasteiger partial charge is 0.294 e. The van der Waals surface area contributed by atoms with E-state index in [9.17, 15) is 19.7 Å². The molecule has 0 fully saturated rings. The molecule has 0 saturated heterocycles. The molecule has 0 unspecified atom stereocenters. The third-order valence-corrected chi connectivity index (χ3v) is 5.90. The topological polar surface area (TPSA) is 102 Å². The number of carbonyl (C=O) groups excluding carboxylic acids is 2. The van der Waals surface area contributed by atoms with Crippen LogP contribution < -0.4 is 15.0 Å². The van der Waals surface area contributed by atoms with E-state index in [1.54, 1.807) is 66.7 Å². The number of methoxy groups -OCH3 is 1. The van der Waals surface area contributed by atoms with Gasteiger partial charge in [0.05, 0.1) is 23.3 Å². The van der Waals surface area contributed by atoms with Gasteiger partial charge in [-0.3, -0.25) is 19.7 Å². The summed E-state index contributed by atoms with van der Waals surface area (Å²) in [5.74, 6) is -0.587. The van der Waals surface area contributed by atoms with Gasteiger partial charge >= 0.3 is 0 Å². The molecule has 1 aliphatic heterocycles. The maximum Gasteiger partial charge on any atom is 0.294 e. The highest BCUT2D eigenvalue weighted by molar-refractivity contribution is 6.37. The van der Waals surface area contributed by atoms with Crippen LogP contribution >= 0.6 is 11.6 Å². The first-order chi connectivity index (χ1) is 16.4. The lowest BCUT2D eigenvalue weighted by Gasteiger charge is -2.28. The molecule has 4 aromatic rings. The van der Waals surface area contributed by atoms with Gasteiger partial charge in [0.15, 0.2) is 0 Å². The number of nitro groups is 1. The molecule has 5 rings (SSSR count). The number of ether oxygens (including phenoxy) is 1. The molecule has 0 saturated carbocycles. The van der Waals surface area contributed by atoms with Crippen LogP contribution in [0.4, 0.5) is 22.7 Å². The van der Waals surface area contributed by atoms with Crippen LogP contribution in [-0.2, 0) is 0 Å². The lowest BCUT2D eigenvalue weighted by molar-refractivity contribution is -0.383. The third kappa shape index (κ3) is 3.41. The molecule has 34 heavy (non-hydrogen) atoms. The summed E-state index contributed by atoms with van der Waals surface area (Å²) in [5.41, 5.74) is 1.16. The Morgan fingerprint density at radius 1 is 0.941 bits per heavy atom. The van der Waals surface area contributed by atoms with Gasteiger partial charge in [-0.2, -0.15) is 0 Å². The maximum absolute atomic E-state index is 13.5. The van der Waals surface area contributed by atoms with Gasteiger partial charge < -0.3 is 10.1 Å². The van der Waals surface area contributed by atoms with Gasteiger partial charge in [0, 0.05) is 33.1 Å². The van der Waals surface area contributed by atoms with Crippen molar-refractivity contribution in [2.45, 2.75) is 0 Å². The Bertz CT molecular complexity index is 1480. The number of benzene rings is 4. The van der Waals surface area contributed by atoms with E-state index in [-0.39, 0.29) is 22.5 Å². The summed E-state index contributed by atoms with van der Waals surface area (Å²) < 4.78 is 5.15. The van der Waals surface area contributed by atoms with Gasteiger partial charge in [0.25, 0.3) is 17.5 Å². The fourth-order valence-corrected chi connectivity index (χ4v) is 4.19. The Hall–Kier alpha value is -4.43. The van der Waals surface area contributed by atoms with E-state index in [2.05, 4.69) is 5.32 Å². The average molecular weight is 474 g/mol. The van der Waals surface area contributed by atoms with Crippen molar-refractivity contribution < 1.29 is 19.2 Å². The number of hydrogen-bond acceptors (Lipinski definition) is 6. The molecule has 0 aliphatic carbocycles. The summed E-state index contributed by atoms with van der Waals surface area (Å²) in [7, 11) is 1.51. The van der Waals surface area contributed by atoms with E-state index in [1.807, 2.05) is 0 Å². The van der Waals surface area contributed by atoms with Crippen molar-refractivity contribution in [3.8, 4) is 5.75 Å². The summed E-state index contributed by atoms with van der Waals surface area (Å²) in [5, 5.41) is 16.4. The second-order valence-electron chi connectivity index (χ2n) is 7.58. The van der Waals surface area contributed by atoms with Crippen LogP contribution in [-0.4, -0.2) is 23.8 Å². The van der Waals surface area contributed by atoms with E-state index in [0.717, 1.165) is 4.90 Å². The number of imide groups is 1. The largest absolute Gasteiger partial charge is 0.497 e. The van der Waals surface area contributed by atoms with Crippen LogP contribution in [0.5, 0.6) is 5.75 Å². The molecule has 0 bridgehead atoms. The van der Waals surface area contributed by atoms with Gasteiger partial charge in [-0.25, -0.2) is 4.90 Å². The predicted molar refractivity (Wildman–Crippen MR) is 129 cm³/mol. The number of amides is 2. The van der Waals surface area contributed by atoms with Crippen LogP contribution in [0.15, 0.2) is 72.8 Å². The van der Waals surface area contributed by atoms with Crippen LogP contribution in [0.3, 0.4) is 0 Å². The van der Waals surface area contributed by atoms with E-state index in [1.165, 1.54) is 13.2 Å². The Balaban J connectivity index is 1.71. The number of nitrogens with zero attached hydrogens (tertiary/aromatic N) is 2. The molecule has 8 nitrogen and oxygen atoms in total. The van der Waals surface area contributed by atoms with Gasteiger partial charge in [0.2, 0.25) is 0 Å². The summed E-state index contributed by atoms with van der Waals surface area (Å²) in [6.07, 6.45) is 0. The zero-order chi connectivity index (χ0) is 24.0. The fraction of sp³-hybridized carbons (Fsp3) is 0.0400. The second-order valence-corrected chi connectivity index (χ2v) is 8.02. The molecular formula is C25H16ClN3O5. The molecule has 1 heterocycles. The van der Waals surface area contributed by atoms with Crippen LogP contribution in [0.1, 0.15) is 20.7 Å². The van der Waals surface area contributed by atoms with Crippen molar-refractivity contribution in [2.24, 2.45) is 0 Å². The number of halogens is 1. The lowest BCUT2D eigenvalue weighted by atomic mass is 9.91. The Morgan fingerprint density at radius 2 is 1.62 bits per heavy atom. The molecular weight excluding hydrogens is 458 g/mol. The zero-order valence-corrected chi connectivity index (χ0v) is 18.5. The maximum atomic E-state index is 13.5. The van der Waals surface area contributed by atoms with E-state index < -0.39 is 16.7 Å². The first kappa shape index (κ1) is 21.4. The molecule has 1 N–H and O–H groups in total. The number of rotatable bonds is 5. The predicted octanol–water partition coefficient (Wildman–Crippen LogP) is 5.95. The standard InChI is InChI=1S/C25H16ClN3O5/c1-34-17-11-9-16(10-12-17)28-24(30)19-4-2-3-18-22(19)20(25(28)31)13-21(29(32)33)23(18)27-15-7-5-14(26)6-8-15/h2-13,27H,1H3. The zero-order valence-electron chi connectivity index (χ0n) is 17.7. The summed E-state index contributed by atoms with van der Waals surface area (Å²) in [4.78, 5) is 39.3. The first-order valence-electron chi connectivity index (χ1n) is 10.2. The highest BCUT2D eigenvalue weighted by Crippen LogP contribution is 2.42. The van der Waals surface area contributed by atoms with Crippen LogP contribution in [0.25, 0.3) is 10.8 Å². The normalized spacial score (nSPS) is 12.7. The van der Waals surface area contributed by atoms with Crippen molar-refractivity contribution in [3.63, 3.8) is 0 Å². The van der Waals surface area contributed by atoms with Crippen LogP contribution in [0, 0.1) is 10.1 Å². The minimum Gasteiger partial charge on any atom is -0.497 e. The molecule has 0 spiro atoms. The molecule has 168 valence electrons. The van der Waals surface area contributed by atoms with Crippen molar-refractivity contribution in [1.29, 1.82) is 0 Å². The fourth-order valence-electron chi connectivity index (χ4n) is 4.07. The number of nitrogens with one attached hydrogen (secondary N) is 1. The monoisotopic (exact) mass is 473 g/mol. The lowest BCUT2D eigenvalue weighted by Crippen LogP contribution is -2.40. The number of nitro benzene ring substituents is 1. The summed E-state index contributed by atoms with van der Waals surface area (Å²) >= 11 is 5.95. The SMILES string of the molecule is COc1ccc(N2C(=O)c3cccc4c(Nc5ccc(Cl)cc5)c([N+](=O)[O-])cc(c34)C2=O)cc1. The Labute approximate surface area is 198 Å². The van der Waals surface area contributed by atoms with Crippen molar-refractivity contribution >= 4 is 56.9 Å². The van der Waals surface area contributed by atoms with Gasteiger partial charge in [0.1, 0.15) is 11.4 Å². The Kier molecular flexibility index (Phi) is 5.14.